The number of hydrogen-bond acceptors (Lipinski definition) is 2. The first-order chi connectivity index (χ1) is 9.42. The zero-order valence-corrected chi connectivity index (χ0v) is 13.9. The van der Waals surface area contributed by atoms with Gasteiger partial charge in [0.15, 0.2) is 0 Å². The number of hydrogen-bond donors (Lipinski definition) is 1. The van der Waals surface area contributed by atoms with Crippen LogP contribution in [0.15, 0.2) is 18.2 Å². The molecule has 0 unspecified atom stereocenters. The van der Waals surface area contributed by atoms with Crippen LogP contribution in [0, 0.1) is 5.92 Å². The number of rotatable bonds is 5. The summed E-state index contributed by atoms with van der Waals surface area (Å²) in [7, 11) is 0. The molecule has 1 fully saturated rings. The molecule has 1 N–H and O–H groups in total. The second-order valence-electron chi connectivity index (χ2n) is 6.83. The van der Waals surface area contributed by atoms with Crippen LogP contribution in [0.4, 0.5) is 5.69 Å². The normalized spacial score (nSPS) is 18.0. The fraction of sp³-hybridized carbons (Fsp3) is 0.647. The molecule has 1 aliphatic rings. The highest BCUT2D eigenvalue weighted by molar-refractivity contribution is 6.31. The lowest BCUT2D eigenvalue weighted by molar-refractivity contribution is 0.513. The standard InChI is InChI=1S/C17H27ClN2/c1-13(2)11-19-12-14-15(18)7-5-8-16(14)20-10-6-9-17(20,3)4/h5,7-8,13,19H,6,9-12H2,1-4H3. The Kier molecular flexibility index (Phi) is 4.98. The van der Waals surface area contributed by atoms with Crippen molar-refractivity contribution >= 4 is 17.3 Å². The zero-order chi connectivity index (χ0) is 14.8. The van der Waals surface area contributed by atoms with Gasteiger partial charge in [-0.05, 0) is 51.3 Å². The SMILES string of the molecule is CC(C)CNCc1c(Cl)cccc1N1CCCC1(C)C. The van der Waals surface area contributed by atoms with Crippen molar-refractivity contribution < 1.29 is 0 Å². The fourth-order valence-electron chi connectivity index (χ4n) is 3.01. The van der Waals surface area contributed by atoms with Gasteiger partial charge in [0, 0.05) is 34.9 Å². The van der Waals surface area contributed by atoms with Gasteiger partial charge in [0.25, 0.3) is 0 Å². The van der Waals surface area contributed by atoms with Crippen molar-refractivity contribution in [3.63, 3.8) is 0 Å². The molecule has 0 aromatic heterocycles. The first-order valence-electron chi connectivity index (χ1n) is 7.67. The van der Waals surface area contributed by atoms with E-state index in [-0.39, 0.29) is 5.54 Å². The average molecular weight is 295 g/mol. The maximum Gasteiger partial charge on any atom is 0.0471 e. The molecule has 0 saturated carbocycles. The topological polar surface area (TPSA) is 15.3 Å². The van der Waals surface area contributed by atoms with Crippen LogP contribution in [0.25, 0.3) is 0 Å². The summed E-state index contributed by atoms with van der Waals surface area (Å²) >= 11 is 6.45. The smallest absolute Gasteiger partial charge is 0.0471 e. The summed E-state index contributed by atoms with van der Waals surface area (Å²) < 4.78 is 0. The maximum absolute atomic E-state index is 6.45. The lowest BCUT2D eigenvalue weighted by atomic mass is 10.0. The molecule has 1 aliphatic heterocycles. The van der Waals surface area contributed by atoms with E-state index in [1.807, 2.05) is 6.07 Å². The van der Waals surface area contributed by atoms with Gasteiger partial charge in [0.05, 0.1) is 0 Å². The molecule has 0 bridgehead atoms. The van der Waals surface area contributed by atoms with E-state index in [1.165, 1.54) is 24.1 Å². The molecular formula is C17H27ClN2. The molecule has 0 spiro atoms. The van der Waals surface area contributed by atoms with Crippen LogP contribution in [0.5, 0.6) is 0 Å². The van der Waals surface area contributed by atoms with E-state index in [4.69, 9.17) is 11.6 Å². The maximum atomic E-state index is 6.45. The quantitative estimate of drug-likeness (QED) is 0.862. The van der Waals surface area contributed by atoms with Gasteiger partial charge < -0.3 is 10.2 Å². The summed E-state index contributed by atoms with van der Waals surface area (Å²) in [5, 5.41) is 4.40. The van der Waals surface area contributed by atoms with Crippen molar-refractivity contribution in [3.05, 3.63) is 28.8 Å². The molecule has 0 radical (unpaired) electrons. The molecule has 0 amide bonds. The predicted molar refractivity (Wildman–Crippen MR) is 88.7 cm³/mol. The molecule has 1 aromatic carbocycles. The number of nitrogens with zero attached hydrogens (tertiary/aromatic N) is 1. The molecule has 3 heteroatoms. The highest BCUT2D eigenvalue weighted by atomic mass is 35.5. The molecule has 2 nitrogen and oxygen atoms in total. The summed E-state index contributed by atoms with van der Waals surface area (Å²) in [6.07, 6.45) is 2.51. The summed E-state index contributed by atoms with van der Waals surface area (Å²) in [4.78, 5) is 2.52. The van der Waals surface area contributed by atoms with E-state index in [1.54, 1.807) is 0 Å². The second-order valence-corrected chi connectivity index (χ2v) is 7.24. The van der Waals surface area contributed by atoms with Crippen LogP contribution < -0.4 is 10.2 Å². The van der Waals surface area contributed by atoms with Gasteiger partial charge in [0.1, 0.15) is 0 Å². The number of nitrogens with one attached hydrogen (secondary N) is 1. The van der Waals surface area contributed by atoms with Gasteiger partial charge in [-0.15, -0.1) is 0 Å². The molecule has 112 valence electrons. The van der Waals surface area contributed by atoms with Crippen LogP contribution in [-0.4, -0.2) is 18.6 Å². The first kappa shape index (κ1) is 15.7. The van der Waals surface area contributed by atoms with Gasteiger partial charge in [0.2, 0.25) is 0 Å². The Morgan fingerprint density at radius 3 is 2.70 bits per heavy atom. The third-order valence-corrected chi connectivity index (χ3v) is 4.49. The number of anilines is 1. The summed E-state index contributed by atoms with van der Waals surface area (Å²) in [6, 6.07) is 6.28. The van der Waals surface area contributed by atoms with E-state index in [9.17, 15) is 0 Å². The highest BCUT2D eigenvalue weighted by Crippen LogP contribution is 2.37. The Bertz CT molecular complexity index is 454. The van der Waals surface area contributed by atoms with Crippen molar-refractivity contribution in [2.24, 2.45) is 5.92 Å². The molecule has 20 heavy (non-hydrogen) atoms. The van der Waals surface area contributed by atoms with Crippen LogP contribution in [0.2, 0.25) is 5.02 Å². The molecule has 0 aliphatic carbocycles. The van der Waals surface area contributed by atoms with Gasteiger partial charge in [-0.25, -0.2) is 0 Å². The summed E-state index contributed by atoms with van der Waals surface area (Å²) in [6.45, 7) is 12.1. The summed E-state index contributed by atoms with van der Waals surface area (Å²) in [5.41, 5.74) is 2.78. The van der Waals surface area contributed by atoms with Gasteiger partial charge >= 0.3 is 0 Å². The molecular weight excluding hydrogens is 268 g/mol. The predicted octanol–water partition coefficient (Wildman–Crippen LogP) is 4.46. The van der Waals surface area contributed by atoms with Crippen molar-refractivity contribution in [2.45, 2.75) is 52.6 Å². The number of halogens is 1. The van der Waals surface area contributed by atoms with Gasteiger partial charge in [-0.3, -0.25) is 0 Å². The van der Waals surface area contributed by atoms with Crippen LogP contribution in [-0.2, 0) is 6.54 Å². The fourth-order valence-corrected chi connectivity index (χ4v) is 3.25. The third-order valence-electron chi connectivity index (χ3n) is 4.14. The Morgan fingerprint density at radius 1 is 1.35 bits per heavy atom. The Morgan fingerprint density at radius 2 is 2.10 bits per heavy atom. The van der Waals surface area contributed by atoms with E-state index in [0.29, 0.717) is 5.92 Å². The Labute approximate surface area is 128 Å². The summed E-state index contributed by atoms with van der Waals surface area (Å²) in [5.74, 6) is 0.657. The first-order valence-corrected chi connectivity index (χ1v) is 8.05. The largest absolute Gasteiger partial charge is 0.366 e. The van der Waals surface area contributed by atoms with Crippen molar-refractivity contribution in [1.29, 1.82) is 0 Å². The monoisotopic (exact) mass is 294 g/mol. The van der Waals surface area contributed by atoms with Crippen molar-refractivity contribution in [3.8, 4) is 0 Å². The van der Waals surface area contributed by atoms with E-state index >= 15 is 0 Å². The van der Waals surface area contributed by atoms with E-state index < -0.39 is 0 Å². The minimum absolute atomic E-state index is 0.234. The minimum atomic E-state index is 0.234. The van der Waals surface area contributed by atoms with Crippen LogP contribution in [0.1, 0.15) is 46.1 Å². The van der Waals surface area contributed by atoms with Crippen molar-refractivity contribution in [1.82, 2.24) is 5.32 Å². The molecule has 2 rings (SSSR count). The second kappa shape index (κ2) is 6.36. The highest BCUT2D eigenvalue weighted by Gasteiger charge is 2.33. The Hall–Kier alpha value is -0.730. The van der Waals surface area contributed by atoms with Crippen LogP contribution >= 0.6 is 11.6 Å². The third kappa shape index (κ3) is 3.48. The van der Waals surface area contributed by atoms with E-state index in [0.717, 1.165) is 24.7 Å². The molecule has 1 aromatic rings. The minimum Gasteiger partial charge on any atom is -0.366 e. The molecule has 0 atom stereocenters. The van der Waals surface area contributed by atoms with Crippen molar-refractivity contribution in [2.75, 3.05) is 18.0 Å². The van der Waals surface area contributed by atoms with E-state index in [2.05, 4.69) is 50.0 Å². The lowest BCUT2D eigenvalue weighted by Crippen LogP contribution is -2.39. The lowest BCUT2D eigenvalue weighted by Gasteiger charge is -2.35. The number of benzene rings is 1. The Balaban J connectivity index is 2.22. The van der Waals surface area contributed by atoms with Crippen LogP contribution in [0.3, 0.4) is 0 Å². The van der Waals surface area contributed by atoms with Gasteiger partial charge in [-0.1, -0.05) is 31.5 Å². The van der Waals surface area contributed by atoms with Gasteiger partial charge in [-0.2, -0.15) is 0 Å². The zero-order valence-electron chi connectivity index (χ0n) is 13.2. The molecule has 1 heterocycles. The molecule has 1 saturated heterocycles. The average Bonchev–Trinajstić information content (AvgIpc) is 2.70.